The molecule has 0 radical (unpaired) electrons. The van der Waals surface area contributed by atoms with Gasteiger partial charge in [-0.15, -0.1) is 0 Å². The van der Waals surface area contributed by atoms with Gasteiger partial charge in [0, 0.05) is 28.5 Å². The number of carbonyl (C=O) groups excluding carboxylic acids is 2. The van der Waals surface area contributed by atoms with Crippen LogP contribution in [0.4, 0.5) is 0 Å². The van der Waals surface area contributed by atoms with Gasteiger partial charge < -0.3 is 29.2 Å². The van der Waals surface area contributed by atoms with Crippen molar-refractivity contribution in [1.29, 1.82) is 0 Å². The Balaban J connectivity index is 1.79. The lowest BCUT2D eigenvalue weighted by Crippen LogP contribution is -2.51. The first kappa shape index (κ1) is 30.3. The molecule has 2 unspecified atom stereocenters. The summed E-state index contributed by atoms with van der Waals surface area (Å²) < 4.78 is 19.3. The first-order valence-electron chi connectivity index (χ1n) is 14.0. The third-order valence-corrected chi connectivity index (χ3v) is 8.02. The minimum atomic E-state index is -0.981. The van der Waals surface area contributed by atoms with Crippen LogP contribution < -0.4 is 9.47 Å². The van der Waals surface area contributed by atoms with Crippen LogP contribution in [0.2, 0.25) is 0 Å². The second-order valence-electron chi connectivity index (χ2n) is 12.4. The van der Waals surface area contributed by atoms with Crippen LogP contribution in [0.25, 0.3) is 6.08 Å². The number of phenols is 1. The number of phenolic OH excluding ortho intramolecular Hbond substituents is 1. The van der Waals surface area contributed by atoms with Gasteiger partial charge in [-0.25, -0.2) is 4.79 Å². The number of carboxylic acids is 1. The molecular formula is C33H40O8. The van der Waals surface area contributed by atoms with Crippen LogP contribution in [0, 0.1) is 11.8 Å². The maximum absolute atomic E-state index is 14.1. The molecule has 0 saturated heterocycles. The molecule has 8 heteroatoms. The molecule has 2 heterocycles. The maximum Gasteiger partial charge on any atom is 0.330 e. The quantitative estimate of drug-likeness (QED) is 0.162. The molecule has 0 spiro atoms. The summed E-state index contributed by atoms with van der Waals surface area (Å²) in [6.45, 7) is 13.4. The monoisotopic (exact) mass is 564 g/mol. The number of rotatable bonds is 9. The molecule has 41 heavy (non-hydrogen) atoms. The highest BCUT2D eigenvalue weighted by Crippen LogP contribution is 2.53. The largest absolute Gasteiger partial charge is 0.506 e. The van der Waals surface area contributed by atoms with Crippen LogP contribution in [0.1, 0.15) is 82.8 Å². The highest BCUT2D eigenvalue weighted by Gasteiger charge is 2.50. The Morgan fingerprint density at radius 2 is 1.90 bits per heavy atom. The number of aromatic hydroxyl groups is 1. The number of hydrogen-bond donors (Lipinski definition) is 2. The van der Waals surface area contributed by atoms with Crippen molar-refractivity contribution >= 4 is 24.1 Å². The molecule has 0 fully saturated rings. The molecule has 0 saturated carbocycles. The first-order chi connectivity index (χ1) is 19.2. The number of aliphatic carboxylic acids is 1. The zero-order chi connectivity index (χ0) is 30.3. The lowest BCUT2D eigenvalue weighted by Gasteiger charge is -2.45. The fourth-order valence-electron chi connectivity index (χ4n) is 5.63. The average Bonchev–Trinajstić information content (AvgIpc) is 2.89. The van der Waals surface area contributed by atoms with Gasteiger partial charge in [0.15, 0.2) is 5.78 Å². The Kier molecular flexibility index (Phi) is 8.37. The van der Waals surface area contributed by atoms with E-state index in [2.05, 4.69) is 0 Å². The number of ketones is 1. The molecule has 2 aliphatic heterocycles. The van der Waals surface area contributed by atoms with E-state index in [1.165, 1.54) is 6.92 Å². The van der Waals surface area contributed by atoms with Crippen LogP contribution in [-0.2, 0) is 20.7 Å². The van der Waals surface area contributed by atoms with E-state index >= 15 is 0 Å². The van der Waals surface area contributed by atoms with Gasteiger partial charge in [-0.05, 0) is 79.9 Å². The second kappa shape index (κ2) is 11.3. The van der Waals surface area contributed by atoms with E-state index in [0.717, 1.165) is 11.9 Å². The van der Waals surface area contributed by atoms with Crippen LogP contribution in [0.15, 0.2) is 41.0 Å². The third kappa shape index (κ3) is 6.03. The van der Waals surface area contributed by atoms with Crippen LogP contribution >= 0.6 is 0 Å². The van der Waals surface area contributed by atoms with Gasteiger partial charge in [-0.2, -0.15) is 0 Å². The van der Waals surface area contributed by atoms with Gasteiger partial charge in [0.1, 0.15) is 40.8 Å². The number of carbonyl (C=O) groups is 3. The molecule has 0 amide bonds. The Bertz CT molecular complexity index is 1380. The SMILES string of the molecule is CC(C)=CCc1c2c(c(O)c3c1OC1C(=CC(C=O)C[C@@H]1C(C)(C)OCC/C=C(\C)C(=O)O)C3=O)C=CC(C)(C)O2. The van der Waals surface area contributed by atoms with E-state index < -0.39 is 29.2 Å². The Morgan fingerprint density at radius 1 is 1.20 bits per heavy atom. The van der Waals surface area contributed by atoms with Crippen molar-refractivity contribution in [2.75, 3.05) is 6.61 Å². The van der Waals surface area contributed by atoms with Gasteiger partial charge in [0.25, 0.3) is 0 Å². The number of Topliss-reactive ketones (excluding diaryl/α,β-unsaturated/α-hetero) is 1. The van der Waals surface area contributed by atoms with Crippen molar-refractivity contribution in [2.45, 2.75) is 85.0 Å². The van der Waals surface area contributed by atoms with Crippen molar-refractivity contribution in [3.63, 3.8) is 0 Å². The zero-order valence-electron chi connectivity index (χ0n) is 24.9. The predicted octanol–water partition coefficient (Wildman–Crippen LogP) is 6.01. The number of allylic oxidation sites excluding steroid dienone is 3. The van der Waals surface area contributed by atoms with Crippen molar-refractivity contribution in [3.8, 4) is 17.2 Å². The topological polar surface area (TPSA) is 119 Å². The van der Waals surface area contributed by atoms with Gasteiger partial charge in [0.05, 0.1) is 17.8 Å². The molecule has 220 valence electrons. The lowest BCUT2D eigenvalue weighted by molar-refractivity contribution is -0.132. The Hall–Kier alpha value is -3.65. The van der Waals surface area contributed by atoms with E-state index in [1.807, 2.05) is 53.7 Å². The molecule has 2 N–H and O–H groups in total. The van der Waals surface area contributed by atoms with Gasteiger partial charge in [-0.3, -0.25) is 4.79 Å². The van der Waals surface area contributed by atoms with E-state index in [1.54, 1.807) is 18.2 Å². The number of ether oxygens (including phenoxy) is 3. The molecule has 1 aromatic rings. The van der Waals surface area contributed by atoms with E-state index in [9.17, 15) is 19.5 Å². The van der Waals surface area contributed by atoms with Crippen molar-refractivity contribution < 1.29 is 38.8 Å². The number of fused-ring (bicyclic) bond motifs is 3. The lowest BCUT2D eigenvalue weighted by atomic mass is 9.70. The van der Waals surface area contributed by atoms with Crippen molar-refractivity contribution in [2.24, 2.45) is 11.8 Å². The molecule has 0 aromatic heterocycles. The summed E-state index contributed by atoms with van der Waals surface area (Å²) >= 11 is 0. The highest BCUT2D eigenvalue weighted by atomic mass is 16.5. The van der Waals surface area contributed by atoms with Crippen LogP contribution in [0.5, 0.6) is 17.2 Å². The van der Waals surface area contributed by atoms with Crippen LogP contribution in [-0.4, -0.2) is 52.2 Å². The zero-order valence-corrected chi connectivity index (χ0v) is 24.9. The van der Waals surface area contributed by atoms with Crippen LogP contribution in [0.3, 0.4) is 0 Å². The number of hydrogen-bond acceptors (Lipinski definition) is 7. The summed E-state index contributed by atoms with van der Waals surface area (Å²) in [5, 5.41) is 20.5. The summed E-state index contributed by atoms with van der Waals surface area (Å²) in [7, 11) is 0. The van der Waals surface area contributed by atoms with E-state index in [0.29, 0.717) is 47.5 Å². The minimum Gasteiger partial charge on any atom is -0.506 e. The van der Waals surface area contributed by atoms with Gasteiger partial charge >= 0.3 is 5.97 Å². The Labute approximate surface area is 241 Å². The normalized spacial score (nSPS) is 22.8. The molecule has 3 atom stereocenters. The fraction of sp³-hybridized carbons (Fsp3) is 0.485. The van der Waals surface area contributed by atoms with Crippen molar-refractivity contribution in [1.82, 2.24) is 0 Å². The smallest absolute Gasteiger partial charge is 0.330 e. The summed E-state index contributed by atoms with van der Waals surface area (Å²) in [6, 6.07) is 0. The summed E-state index contributed by atoms with van der Waals surface area (Å²) in [5.74, 6) is -1.68. The number of aldehydes is 1. The molecule has 1 aliphatic carbocycles. The van der Waals surface area contributed by atoms with E-state index in [4.69, 9.17) is 19.3 Å². The Morgan fingerprint density at radius 3 is 2.54 bits per heavy atom. The fourth-order valence-corrected chi connectivity index (χ4v) is 5.63. The molecule has 0 bridgehead atoms. The summed E-state index contributed by atoms with van der Waals surface area (Å²) in [6.07, 6.45) is 10.3. The predicted molar refractivity (Wildman–Crippen MR) is 156 cm³/mol. The highest BCUT2D eigenvalue weighted by molar-refractivity contribution is 6.15. The molecule has 1 aromatic carbocycles. The molecule has 4 rings (SSSR count). The first-order valence-corrected chi connectivity index (χ1v) is 14.0. The van der Waals surface area contributed by atoms with Gasteiger partial charge in [-0.1, -0.05) is 23.8 Å². The molecular weight excluding hydrogens is 524 g/mol. The van der Waals surface area contributed by atoms with Crippen molar-refractivity contribution in [3.05, 3.63) is 57.7 Å². The standard InChI is InChI=1S/C33H40O8/c1-18(2)10-11-22-28-21(12-13-32(4,5)41-28)26(35)25-27(36)23-15-20(17-34)16-24(29(23)40-30(22)25)33(6,7)39-14-8-9-19(3)31(37)38/h9-10,12-13,15,17,20,24,29,35H,8,11,14,16H2,1-7H3,(H,37,38)/b19-9+/t20?,24-,29?/m0/s1. The summed E-state index contributed by atoms with van der Waals surface area (Å²) in [4.78, 5) is 37.2. The molecule has 3 aliphatic rings. The average molecular weight is 565 g/mol. The number of carboxylic acid groups (broad SMARTS) is 1. The maximum atomic E-state index is 14.1. The number of benzene rings is 1. The minimum absolute atomic E-state index is 0.0784. The summed E-state index contributed by atoms with van der Waals surface area (Å²) in [5.41, 5.74) is 1.40. The molecule has 8 nitrogen and oxygen atoms in total. The third-order valence-electron chi connectivity index (χ3n) is 8.02. The second-order valence-corrected chi connectivity index (χ2v) is 12.4. The van der Waals surface area contributed by atoms with E-state index in [-0.39, 0.29) is 35.2 Å². The van der Waals surface area contributed by atoms with Gasteiger partial charge in [0.2, 0.25) is 0 Å².